The molecule has 132 heavy (non-hydrogen) atoms. The van der Waals surface area contributed by atoms with Gasteiger partial charge in [0.15, 0.2) is 34.7 Å². The van der Waals surface area contributed by atoms with Crippen molar-refractivity contribution in [1.29, 1.82) is 0 Å². The Labute approximate surface area is 770 Å². The second kappa shape index (κ2) is 58.3. The molecule has 0 aromatic heterocycles. The number of carbonyl (C=O) groups excluding carboxylic acids is 17. The number of aliphatic carboxylic acids is 3. The number of thioether (sulfide) groups is 1. The summed E-state index contributed by atoms with van der Waals surface area (Å²) in [5, 5.41) is 113. The Balaban J connectivity index is 1.52. The van der Waals surface area contributed by atoms with Crippen LogP contribution in [0.3, 0.4) is 0 Å². The van der Waals surface area contributed by atoms with Gasteiger partial charge in [-0.25, -0.2) is 0 Å². The number of phenolic OH excluding ortho intramolecular Hbond substituents is 2. The van der Waals surface area contributed by atoms with Crippen molar-refractivity contribution in [3.05, 3.63) is 95.6 Å². The molecular formula is C92H130N10O29S. The van der Waals surface area contributed by atoms with E-state index in [0.717, 1.165) is 25.6 Å². The number of rotatable bonds is 67. The molecule has 0 unspecified atom stereocenters. The average molecular weight is 1870 g/mol. The molecule has 4 rings (SSSR count). The summed E-state index contributed by atoms with van der Waals surface area (Å²) in [4.78, 5) is 272. The normalized spacial score (nSPS) is 15.7. The summed E-state index contributed by atoms with van der Waals surface area (Å²) in [5.41, 5.74) is 6.76. The Bertz CT molecular complexity index is 4440. The quantitative estimate of drug-likeness (QED) is 0.0351. The first-order valence-electron chi connectivity index (χ1n) is 44.3. The Morgan fingerprint density at radius 2 is 0.932 bits per heavy atom. The number of piperazine rings is 1. The van der Waals surface area contributed by atoms with Gasteiger partial charge in [0.05, 0.1) is 123 Å². The van der Waals surface area contributed by atoms with Crippen molar-refractivity contribution in [3.8, 4) is 11.5 Å². The number of nitrogens with two attached hydrogens (primary N) is 1. The highest BCUT2D eigenvalue weighted by Gasteiger charge is 2.41. The van der Waals surface area contributed by atoms with Crippen molar-refractivity contribution in [2.24, 2.45) is 59.0 Å². The Morgan fingerprint density at radius 1 is 0.455 bits per heavy atom. The van der Waals surface area contributed by atoms with Gasteiger partial charge in [-0.3, -0.25) is 95.9 Å². The van der Waals surface area contributed by atoms with Crippen LogP contribution >= 0.6 is 11.8 Å². The van der Waals surface area contributed by atoms with Crippen LogP contribution in [0.15, 0.2) is 78.9 Å². The highest BCUT2D eigenvalue weighted by atomic mass is 32.2. The van der Waals surface area contributed by atoms with Gasteiger partial charge >= 0.3 is 17.9 Å². The van der Waals surface area contributed by atoms with E-state index in [9.17, 15) is 142 Å². The number of Topliss-reactive ketones (excluding diaryl/α,β-unsaturated/α-hetero) is 8. The first-order chi connectivity index (χ1) is 62.3. The monoisotopic (exact) mass is 1870 g/mol. The summed E-state index contributed by atoms with van der Waals surface area (Å²) in [6.45, 7) is 7.99. The van der Waals surface area contributed by atoms with Gasteiger partial charge in [0.1, 0.15) is 29.1 Å². The summed E-state index contributed by atoms with van der Waals surface area (Å²) >= 11 is 0.945. The number of carboxylic acid groups (broad SMARTS) is 3. The molecular weight excluding hydrogens is 1740 g/mol. The van der Waals surface area contributed by atoms with Crippen LogP contribution in [0.5, 0.6) is 11.5 Å². The molecule has 0 aliphatic carbocycles. The number of nitrogens with zero attached hydrogens (tertiary/aromatic N) is 1. The molecule has 728 valence electrons. The topological polar surface area (TPSA) is 649 Å². The van der Waals surface area contributed by atoms with Gasteiger partial charge < -0.3 is 99.1 Å². The molecule has 1 saturated heterocycles. The van der Waals surface area contributed by atoms with E-state index < -0.39 is 286 Å². The number of aliphatic hydroxyl groups is 4. The standard InChI is InChI=1S/C92H130N10O29S/c1-8-52(4)85(79(116)38-60(32-57-19-24-64(107)25-20-57)88(127)97-71(31-51(2)3)75(112)36-61(40-83(121)122)87(126)96-53(5)15-12-13-29-93)101-90(129)63(47-103)39-76(113)72(34-58-21-26-65(108)27-22-58)98-89(128)62(41-84(123)124)37-77(114)74(48-104)100-92(131)70(55(7)106)43-78(115)73(33-56-16-10-9-11-17-56)99-91(130)69(54(6)105)42-67(110)44-95-86(125)59(23-28-82(119)120)35-68(111)50-132-49-66(109)18-14-30-102-46-80(117)94-45-81(102)118/h9-11,16-17,19-22,24-27,51-55,59-63,69-74,85,103-108H,8,12-15,18,23,28-50,93H2,1-7H3,(H,94,117)(H,95,125)(H,96,126)(H,97,127)(H,98,128)(H,99,130)(H,100,131)(H,101,129)(H,119,120)(H,121,122)(H,123,124)/t52-,53+,54+,55+,59+,60+,61-,62-,63-,69-,70-,71-,72-,73-,74-,85-/m0/s1. The van der Waals surface area contributed by atoms with Crippen molar-refractivity contribution >= 4 is 129 Å². The lowest BCUT2D eigenvalue weighted by atomic mass is 9.85. The number of hydrogen-bond donors (Lipinski definition) is 18. The number of aliphatic hydroxyl groups excluding tert-OH is 4. The maximum atomic E-state index is 14.8. The van der Waals surface area contributed by atoms with Crippen LogP contribution in [-0.4, -0.2) is 274 Å². The third-order valence-corrected chi connectivity index (χ3v) is 23.8. The summed E-state index contributed by atoms with van der Waals surface area (Å²) in [6.07, 6.45) is -9.95. The number of nitrogens with one attached hydrogen (secondary N) is 8. The minimum Gasteiger partial charge on any atom is -0.508 e. The number of benzene rings is 3. The summed E-state index contributed by atoms with van der Waals surface area (Å²) in [6, 6.07) is 10.4. The zero-order chi connectivity index (χ0) is 98.6. The molecule has 0 radical (unpaired) electrons. The van der Waals surface area contributed by atoms with E-state index in [-0.39, 0.29) is 117 Å². The molecule has 3 aromatic carbocycles. The van der Waals surface area contributed by atoms with Gasteiger partial charge in [-0.2, -0.15) is 0 Å². The second-order valence-corrected chi connectivity index (χ2v) is 35.3. The zero-order valence-corrected chi connectivity index (χ0v) is 76.5. The van der Waals surface area contributed by atoms with Gasteiger partial charge in [0.25, 0.3) is 0 Å². The van der Waals surface area contributed by atoms with Crippen molar-refractivity contribution in [2.75, 3.05) is 57.4 Å². The largest absolute Gasteiger partial charge is 0.508 e. The van der Waals surface area contributed by atoms with E-state index in [1.807, 2.05) is 0 Å². The Kier molecular flexibility index (Phi) is 49.8. The predicted octanol–water partition coefficient (Wildman–Crippen LogP) is 1.02. The number of ketones is 8. The summed E-state index contributed by atoms with van der Waals surface area (Å²) < 4.78 is 0. The van der Waals surface area contributed by atoms with E-state index in [1.54, 1.807) is 65.0 Å². The highest BCUT2D eigenvalue weighted by Crippen LogP contribution is 2.27. The van der Waals surface area contributed by atoms with Crippen LogP contribution in [0.2, 0.25) is 0 Å². The van der Waals surface area contributed by atoms with Crippen LogP contribution in [0, 0.1) is 53.3 Å². The lowest BCUT2D eigenvalue weighted by Gasteiger charge is -2.28. The summed E-state index contributed by atoms with van der Waals surface area (Å²) in [7, 11) is 0. The lowest BCUT2D eigenvalue weighted by molar-refractivity contribution is -0.143. The van der Waals surface area contributed by atoms with E-state index in [4.69, 9.17) is 5.73 Å². The van der Waals surface area contributed by atoms with E-state index in [0.29, 0.717) is 36.9 Å². The predicted molar refractivity (Wildman–Crippen MR) is 478 cm³/mol. The van der Waals surface area contributed by atoms with E-state index in [1.165, 1.54) is 53.4 Å². The number of carboxylic acids is 3. The Morgan fingerprint density at radius 3 is 1.46 bits per heavy atom. The van der Waals surface area contributed by atoms with Crippen LogP contribution in [0.25, 0.3) is 0 Å². The van der Waals surface area contributed by atoms with Gasteiger partial charge in [0, 0.05) is 82.2 Å². The fourth-order valence-corrected chi connectivity index (χ4v) is 15.6. The molecule has 9 amide bonds. The molecule has 19 N–H and O–H groups in total. The van der Waals surface area contributed by atoms with E-state index in [2.05, 4.69) is 42.5 Å². The molecule has 16 atom stereocenters. The minimum absolute atomic E-state index is 0.0232. The molecule has 0 spiro atoms. The fourth-order valence-electron chi connectivity index (χ4n) is 14.8. The second-order valence-electron chi connectivity index (χ2n) is 34.3. The molecule has 1 fully saturated rings. The maximum Gasteiger partial charge on any atom is 0.304 e. The van der Waals surface area contributed by atoms with Crippen LogP contribution in [0.1, 0.15) is 181 Å². The van der Waals surface area contributed by atoms with Crippen LogP contribution in [-0.2, 0) is 115 Å². The molecule has 39 nitrogen and oxygen atoms in total. The van der Waals surface area contributed by atoms with Crippen molar-refractivity contribution in [3.63, 3.8) is 0 Å². The SMILES string of the molecule is CC[C@H](C)[C@H](NC(=O)[C@H](CO)CC(=O)[C@H](Cc1ccc(O)cc1)NC(=O)[C@H](CC(=O)O)CC(=O)[C@H](CO)NC(=O)[C@@H](CC(=O)[C@H](Cc1ccccc1)NC(=O)[C@@H](CC(=O)CNC(=O)[C@H](CCC(=O)O)CC(=O)CSCC(=O)CCCN1CC(=O)NCC1=O)[C@@H](C)O)[C@@H](C)O)C(=O)C[C@@H](Cc1ccc(O)cc1)C(=O)N[C@@H](CC(C)C)C(=O)C[C@@H](CC(=O)O)C(=O)N[C@H](C)CCCCN. The van der Waals surface area contributed by atoms with Gasteiger partial charge in [-0.15, -0.1) is 11.8 Å². The molecule has 0 saturated carbocycles. The lowest BCUT2D eigenvalue weighted by Crippen LogP contribution is -2.52. The number of phenols is 2. The molecule has 40 heteroatoms. The fraction of sp³-hybridized carbons (Fsp3) is 0.587. The number of amides is 9. The summed E-state index contributed by atoms with van der Waals surface area (Å²) in [5.74, 6) is -30.8. The number of unbranched alkanes of at least 4 members (excludes halogenated alkanes) is 1. The van der Waals surface area contributed by atoms with Crippen molar-refractivity contribution in [2.45, 2.75) is 232 Å². The minimum atomic E-state index is -2.00. The van der Waals surface area contributed by atoms with E-state index >= 15 is 0 Å². The van der Waals surface area contributed by atoms with Crippen molar-refractivity contribution < 1.29 is 142 Å². The number of carbonyl (C=O) groups is 20. The van der Waals surface area contributed by atoms with Gasteiger partial charge in [-0.1, -0.05) is 95.1 Å². The maximum absolute atomic E-state index is 14.8. The smallest absolute Gasteiger partial charge is 0.304 e. The zero-order valence-electron chi connectivity index (χ0n) is 75.7. The molecule has 1 aliphatic heterocycles. The highest BCUT2D eigenvalue weighted by molar-refractivity contribution is 8.00. The van der Waals surface area contributed by atoms with Gasteiger partial charge in [-0.05, 0) is 131 Å². The van der Waals surface area contributed by atoms with Crippen LogP contribution in [0.4, 0.5) is 0 Å². The number of aromatic hydroxyl groups is 2. The van der Waals surface area contributed by atoms with Crippen LogP contribution < -0.4 is 48.3 Å². The first kappa shape index (κ1) is 113. The van der Waals surface area contributed by atoms with Gasteiger partial charge in [0.2, 0.25) is 53.2 Å². The third kappa shape index (κ3) is 41.5. The molecule has 1 heterocycles. The Hall–Kier alpha value is -11.6. The molecule has 0 bridgehead atoms. The first-order valence-corrected chi connectivity index (χ1v) is 45.4. The average Bonchev–Trinajstić information content (AvgIpc) is 0.843. The third-order valence-electron chi connectivity index (χ3n) is 22.7. The van der Waals surface area contributed by atoms with Crippen molar-refractivity contribution in [1.82, 2.24) is 47.4 Å². The molecule has 3 aromatic rings. The number of hydrogen-bond acceptors (Lipinski definition) is 28. The molecule has 1 aliphatic rings.